The van der Waals surface area contributed by atoms with Gasteiger partial charge in [-0.05, 0) is 84.5 Å². The molecule has 0 N–H and O–H groups in total. The van der Waals surface area contributed by atoms with E-state index in [9.17, 15) is 14.4 Å². The van der Waals surface area contributed by atoms with Crippen molar-refractivity contribution >= 4 is 51.1 Å². The van der Waals surface area contributed by atoms with Gasteiger partial charge in [0.25, 0.3) is 17.7 Å². The number of methoxy groups -OCH3 is 2. The van der Waals surface area contributed by atoms with Crippen LogP contribution in [0.4, 0.5) is 5.69 Å². The maximum Gasteiger partial charge on any atom is 0.264 e. The molecule has 46 heavy (non-hydrogen) atoms. The number of imide groups is 1. The number of ether oxygens (including phenoxy) is 2. The van der Waals surface area contributed by atoms with E-state index in [1.807, 2.05) is 54.6 Å². The van der Waals surface area contributed by atoms with E-state index in [2.05, 4.69) is 32.3 Å². The molecular formula is C34H31BrN6O5. The fraction of sp³-hybridized carbons (Fsp3) is 0.294. The zero-order chi connectivity index (χ0) is 31.9. The van der Waals surface area contributed by atoms with Gasteiger partial charge in [-0.15, -0.1) is 0 Å². The highest BCUT2D eigenvalue weighted by Crippen LogP contribution is 2.45. The number of halogens is 1. The van der Waals surface area contributed by atoms with Crippen LogP contribution < -0.4 is 14.4 Å². The lowest BCUT2D eigenvalue weighted by Crippen LogP contribution is -2.45. The third-order valence-corrected chi connectivity index (χ3v) is 9.39. The lowest BCUT2D eigenvalue weighted by atomic mass is 9.77. The van der Waals surface area contributed by atoms with Crippen LogP contribution in [0.2, 0.25) is 0 Å². The molecule has 4 atom stereocenters. The van der Waals surface area contributed by atoms with Crippen molar-refractivity contribution in [1.82, 2.24) is 10.0 Å². The number of benzene rings is 3. The molecule has 234 valence electrons. The second kappa shape index (κ2) is 12.2. The largest absolute Gasteiger partial charge is 0.497 e. The van der Waals surface area contributed by atoms with Gasteiger partial charge < -0.3 is 9.47 Å². The highest BCUT2D eigenvalue weighted by Gasteiger charge is 2.55. The second-order valence-corrected chi connectivity index (χ2v) is 12.5. The lowest BCUT2D eigenvalue weighted by molar-refractivity contribution is -0.136. The topological polar surface area (TPSA) is 116 Å². The Morgan fingerprint density at radius 3 is 2.37 bits per heavy atom. The summed E-state index contributed by atoms with van der Waals surface area (Å²) in [5.41, 5.74) is 4.35. The first kappa shape index (κ1) is 29.8. The zero-order valence-electron chi connectivity index (χ0n) is 25.2. The number of carbonyl (C=O) groups is 3. The van der Waals surface area contributed by atoms with Gasteiger partial charge in [-0.25, -0.2) is 9.91 Å². The molecule has 12 heteroatoms. The van der Waals surface area contributed by atoms with Gasteiger partial charge in [-0.1, -0.05) is 51.5 Å². The molecule has 0 bridgehead atoms. The Kier molecular flexibility index (Phi) is 7.89. The number of hydrazone groups is 1. The van der Waals surface area contributed by atoms with Crippen LogP contribution in [0, 0.1) is 5.92 Å². The molecule has 11 nitrogen and oxygen atoms in total. The summed E-state index contributed by atoms with van der Waals surface area (Å²) < 4.78 is 11.4. The molecule has 3 aromatic rings. The first-order chi connectivity index (χ1) is 22.4. The number of allylic oxidation sites excluding steroid dienone is 1. The predicted molar refractivity (Wildman–Crippen MR) is 174 cm³/mol. The average molecular weight is 684 g/mol. The minimum Gasteiger partial charge on any atom is -0.497 e. The number of carbonyl (C=O) groups excluding carboxylic acids is 3. The number of hydrogen-bond acceptors (Lipinski definition) is 9. The van der Waals surface area contributed by atoms with Crippen molar-refractivity contribution in [3.8, 4) is 11.5 Å². The van der Waals surface area contributed by atoms with Crippen LogP contribution >= 0.6 is 15.9 Å². The number of amides is 3. The highest BCUT2D eigenvalue weighted by atomic mass is 79.9. The van der Waals surface area contributed by atoms with Gasteiger partial charge in [-0.3, -0.25) is 19.4 Å². The Morgan fingerprint density at radius 2 is 1.67 bits per heavy atom. The van der Waals surface area contributed by atoms with Gasteiger partial charge in [0.05, 0.1) is 31.7 Å². The van der Waals surface area contributed by atoms with Gasteiger partial charge in [0.2, 0.25) is 0 Å². The molecular weight excluding hydrogens is 652 g/mol. The molecule has 0 radical (unpaired) electrons. The Morgan fingerprint density at radius 1 is 0.957 bits per heavy atom. The first-order valence-corrected chi connectivity index (χ1v) is 15.9. The third kappa shape index (κ3) is 5.26. The second-order valence-electron chi connectivity index (χ2n) is 11.6. The summed E-state index contributed by atoms with van der Waals surface area (Å²) in [6.45, 7) is -0.260. The molecule has 4 aliphatic rings. The normalized spacial score (nSPS) is 24.4. The minimum atomic E-state index is -1.01. The van der Waals surface area contributed by atoms with E-state index in [0.717, 1.165) is 56.8 Å². The van der Waals surface area contributed by atoms with E-state index in [4.69, 9.17) is 14.6 Å². The maximum atomic E-state index is 14.2. The molecule has 3 amide bonds. The zero-order valence-corrected chi connectivity index (χ0v) is 26.8. The average Bonchev–Trinajstić information content (AvgIpc) is 3.74. The van der Waals surface area contributed by atoms with E-state index < -0.39 is 23.9 Å². The fourth-order valence-electron chi connectivity index (χ4n) is 6.68. The van der Waals surface area contributed by atoms with Crippen LogP contribution in [-0.2, 0) is 14.4 Å². The molecule has 3 aliphatic heterocycles. The van der Waals surface area contributed by atoms with Crippen LogP contribution in [0.5, 0.6) is 11.5 Å². The van der Waals surface area contributed by atoms with Crippen LogP contribution in [0.15, 0.2) is 98.3 Å². The molecule has 1 saturated carbocycles. The maximum absolute atomic E-state index is 14.2. The summed E-state index contributed by atoms with van der Waals surface area (Å²) in [6, 6.07) is 20.1. The molecule has 2 fully saturated rings. The summed E-state index contributed by atoms with van der Waals surface area (Å²) in [7, 11) is 3.25. The Balaban J connectivity index is 1.19. The van der Waals surface area contributed by atoms with E-state index in [-0.39, 0.29) is 24.4 Å². The molecule has 7 rings (SSSR count). The van der Waals surface area contributed by atoms with Crippen molar-refractivity contribution in [2.45, 2.75) is 37.4 Å². The fourth-order valence-corrected chi connectivity index (χ4v) is 7.06. The van der Waals surface area contributed by atoms with E-state index in [1.165, 1.54) is 10.0 Å². The summed E-state index contributed by atoms with van der Waals surface area (Å²) in [5, 5.41) is 16.1. The van der Waals surface area contributed by atoms with Crippen molar-refractivity contribution in [3.05, 3.63) is 94.0 Å². The van der Waals surface area contributed by atoms with Gasteiger partial charge in [0, 0.05) is 10.4 Å². The highest BCUT2D eigenvalue weighted by molar-refractivity contribution is 9.10. The van der Waals surface area contributed by atoms with Crippen molar-refractivity contribution in [3.63, 3.8) is 0 Å². The van der Waals surface area contributed by atoms with Gasteiger partial charge in [0.15, 0.2) is 12.1 Å². The van der Waals surface area contributed by atoms with Crippen LogP contribution in [-0.4, -0.2) is 66.3 Å². The molecule has 4 unspecified atom stereocenters. The molecule has 3 aromatic carbocycles. The van der Waals surface area contributed by atoms with Crippen LogP contribution in [0.25, 0.3) is 6.08 Å². The van der Waals surface area contributed by atoms with E-state index in [0.29, 0.717) is 11.4 Å². The van der Waals surface area contributed by atoms with Crippen molar-refractivity contribution in [2.24, 2.45) is 21.4 Å². The SMILES string of the molecule is COc1ccc(C=C2CCCC3C2=NN(C(=O)CN2N=NC4C(=O)N(c5cccc(Br)c5)C(=O)C42)C3c2ccc(OC)cc2)cc1. The Hall–Kier alpha value is -4.84. The third-order valence-electron chi connectivity index (χ3n) is 8.89. The molecule has 3 heterocycles. The van der Waals surface area contributed by atoms with Crippen LogP contribution in [0.1, 0.15) is 36.4 Å². The van der Waals surface area contributed by atoms with Crippen molar-refractivity contribution in [2.75, 3.05) is 25.7 Å². The molecule has 0 aromatic heterocycles. The predicted octanol–water partition coefficient (Wildman–Crippen LogP) is 5.58. The number of nitrogens with zero attached hydrogens (tertiary/aromatic N) is 6. The smallest absolute Gasteiger partial charge is 0.264 e. The quantitative estimate of drug-likeness (QED) is 0.300. The Labute approximate surface area is 274 Å². The van der Waals surface area contributed by atoms with Gasteiger partial charge in [-0.2, -0.15) is 10.2 Å². The summed E-state index contributed by atoms with van der Waals surface area (Å²) in [4.78, 5) is 42.1. The summed E-state index contributed by atoms with van der Waals surface area (Å²) >= 11 is 3.40. The molecule has 1 saturated heterocycles. The summed E-state index contributed by atoms with van der Waals surface area (Å²) in [6.07, 6.45) is 4.78. The molecule has 0 spiro atoms. The van der Waals surface area contributed by atoms with E-state index >= 15 is 0 Å². The standard InChI is InChI=1S/C34H31BrN6O5/c1-45-25-13-9-20(10-14-25)17-22-5-3-8-27-29(22)37-41(31(27)21-11-15-26(46-2)16-12-21)28(42)19-39-32-30(36-38-39)33(43)40(34(32)44)24-7-4-6-23(35)18-24/h4,6-7,9-18,27,30-32H,3,5,8,19H2,1-2H3. The van der Waals surface area contributed by atoms with Crippen molar-refractivity contribution in [1.29, 1.82) is 0 Å². The number of rotatable bonds is 7. The minimum absolute atomic E-state index is 0.0229. The monoisotopic (exact) mass is 682 g/mol. The molecule has 1 aliphatic carbocycles. The lowest BCUT2D eigenvalue weighted by Gasteiger charge is -2.30. The Bertz CT molecular complexity index is 1790. The van der Waals surface area contributed by atoms with Crippen molar-refractivity contribution < 1.29 is 23.9 Å². The first-order valence-electron chi connectivity index (χ1n) is 15.1. The number of fused-ring (bicyclic) bond motifs is 2. The number of hydrogen-bond donors (Lipinski definition) is 0. The van der Waals surface area contributed by atoms with Gasteiger partial charge >= 0.3 is 0 Å². The van der Waals surface area contributed by atoms with E-state index in [1.54, 1.807) is 32.4 Å². The van der Waals surface area contributed by atoms with Crippen LogP contribution in [0.3, 0.4) is 0 Å². The summed E-state index contributed by atoms with van der Waals surface area (Å²) in [5.74, 6) is 0.194. The number of anilines is 1. The van der Waals surface area contributed by atoms with Gasteiger partial charge in [0.1, 0.15) is 18.0 Å².